The Morgan fingerprint density at radius 1 is 1.42 bits per heavy atom. The van der Waals surface area contributed by atoms with Crippen LogP contribution in [-0.2, 0) is 4.79 Å². The van der Waals surface area contributed by atoms with Crippen molar-refractivity contribution in [1.82, 2.24) is 5.32 Å². The maximum absolute atomic E-state index is 11.1. The Hall–Kier alpha value is -0.960. The van der Waals surface area contributed by atoms with Crippen LogP contribution in [-0.4, -0.2) is 11.7 Å². The van der Waals surface area contributed by atoms with Crippen LogP contribution < -0.4 is 5.32 Å². The zero-order valence-electron chi connectivity index (χ0n) is 6.80. The molecule has 1 amide bonds. The monoisotopic (exact) mass is 181 g/mol. The second-order valence-corrected chi connectivity index (χ2v) is 3.47. The largest absolute Gasteiger partial charge is 0.325 e. The van der Waals surface area contributed by atoms with Crippen molar-refractivity contribution in [2.24, 2.45) is 0 Å². The van der Waals surface area contributed by atoms with Crippen molar-refractivity contribution in [3.8, 4) is 0 Å². The minimum atomic E-state index is 0.0502. The van der Waals surface area contributed by atoms with Crippen LogP contribution in [0, 0.1) is 0 Å². The zero-order valence-corrected chi connectivity index (χ0v) is 7.62. The molecule has 1 heterocycles. The molecule has 3 heteroatoms. The van der Waals surface area contributed by atoms with E-state index < -0.39 is 0 Å². The summed E-state index contributed by atoms with van der Waals surface area (Å²) in [5, 5.41) is 2.76. The van der Waals surface area contributed by atoms with Crippen molar-refractivity contribution < 1.29 is 4.79 Å². The Morgan fingerprint density at radius 2 is 2.17 bits per heavy atom. The van der Waals surface area contributed by atoms with Gasteiger partial charge < -0.3 is 5.32 Å². The summed E-state index contributed by atoms with van der Waals surface area (Å²) in [6, 6.07) is 0. The highest BCUT2D eigenvalue weighted by atomic mass is 32.2. The molecule has 1 aliphatic rings. The van der Waals surface area contributed by atoms with Gasteiger partial charge in [-0.25, -0.2) is 0 Å². The van der Waals surface area contributed by atoms with E-state index in [-0.39, 0.29) is 5.91 Å². The second kappa shape index (κ2) is 4.16. The standard InChI is InChI=1S/C9H11NOS/c1-3-7-8(4-2)12-6-5-9(11)10-7/h3-4H,1-2,5-6H2,(H,10,11). The van der Waals surface area contributed by atoms with Gasteiger partial charge >= 0.3 is 0 Å². The number of amides is 1. The van der Waals surface area contributed by atoms with E-state index in [1.54, 1.807) is 23.9 Å². The summed E-state index contributed by atoms with van der Waals surface area (Å²) < 4.78 is 0. The predicted molar refractivity (Wildman–Crippen MR) is 52.6 cm³/mol. The van der Waals surface area contributed by atoms with Gasteiger partial charge in [0.15, 0.2) is 0 Å². The average molecular weight is 181 g/mol. The normalized spacial score (nSPS) is 18.2. The summed E-state index contributed by atoms with van der Waals surface area (Å²) in [5.41, 5.74) is 0.775. The molecule has 0 spiro atoms. The third-order valence-corrected chi connectivity index (χ3v) is 2.62. The minimum absolute atomic E-state index is 0.0502. The molecular weight excluding hydrogens is 170 g/mol. The molecule has 0 aromatic heterocycles. The van der Waals surface area contributed by atoms with E-state index in [0.717, 1.165) is 16.4 Å². The van der Waals surface area contributed by atoms with E-state index in [0.29, 0.717) is 6.42 Å². The first-order valence-electron chi connectivity index (χ1n) is 3.69. The zero-order chi connectivity index (χ0) is 8.97. The molecular formula is C9H11NOS. The molecule has 0 unspecified atom stereocenters. The molecule has 1 aliphatic heterocycles. The van der Waals surface area contributed by atoms with Gasteiger partial charge in [-0.05, 0) is 6.08 Å². The highest BCUT2D eigenvalue weighted by Gasteiger charge is 2.11. The minimum Gasteiger partial charge on any atom is -0.325 e. The molecule has 0 aromatic carbocycles. The van der Waals surface area contributed by atoms with E-state index in [9.17, 15) is 4.79 Å². The van der Waals surface area contributed by atoms with Gasteiger partial charge in [-0.3, -0.25) is 4.79 Å². The van der Waals surface area contributed by atoms with Crippen molar-refractivity contribution in [3.63, 3.8) is 0 Å². The molecule has 0 saturated heterocycles. The lowest BCUT2D eigenvalue weighted by atomic mass is 10.3. The molecule has 0 fully saturated rings. The van der Waals surface area contributed by atoms with E-state index in [1.807, 2.05) is 0 Å². The second-order valence-electron chi connectivity index (χ2n) is 2.33. The number of nitrogens with one attached hydrogen (secondary N) is 1. The third-order valence-electron chi connectivity index (χ3n) is 1.52. The van der Waals surface area contributed by atoms with E-state index in [2.05, 4.69) is 18.5 Å². The van der Waals surface area contributed by atoms with Crippen LogP contribution in [0.3, 0.4) is 0 Å². The Labute approximate surface area is 76.4 Å². The SMILES string of the molecule is C=CC1=C(C=C)SCCC(=O)N1. The lowest BCUT2D eigenvalue weighted by Gasteiger charge is -2.03. The van der Waals surface area contributed by atoms with Crippen molar-refractivity contribution >= 4 is 17.7 Å². The summed E-state index contributed by atoms with van der Waals surface area (Å²) in [5.74, 6) is 0.860. The summed E-state index contributed by atoms with van der Waals surface area (Å²) in [6.07, 6.45) is 3.94. The van der Waals surface area contributed by atoms with Gasteiger partial charge in [0, 0.05) is 17.1 Å². The first-order chi connectivity index (χ1) is 5.77. The Bertz CT molecular complexity index is 255. The summed E-state index contributed by atoms with van der Waals surface area (Å²) in [7, 11) is 0. The molecule has 12 heavy (non-hydrogen) atoms. The van der Waals surface area contributed by atoms with Crippen molar-refractivity contribution in [1.29, 1.82) is 0 Å². The number of hydrogen-bond acceptors (Lipinski definition) is 2. The molecule has 0 radical (unpaired) electrons. The lowest BCUT2D eigenvalue weighted by Crippen LogP contribution is -2.20. The molecule has 0 saturated carbocycles. The Kier molecular flexibility index (Phi) is 3.17. The fourth-order valence-corrected chi connectivity index (χ4v) is 1.84. The molecule has 1 N–H and O–H groups in total. The maximum atomic E-state index is 11.1. The Balaban J connectivity index is 2.91. The van der Waals surface area contributed by atoms with Crippen LogP contribution in [0.5, 0.6) is 0 Å². The first kappa shape index (κ1) is 9.13. The number of hydrogen-bond donors (Lipinski definition) is 1. The lowest BCUT2D eigenvalue weighted by molar-refractivity contribution is -0.119. The van der Waals surface area contributed by atoms with Gasteiger partial charge in [0.25, 0.3) is 0 Å². The molecule has 1 rings (SSSR count). The van der Waals surface area contributed by atoms with Gasteiger partial charge in [-0.1, -0.05) is 19.2 Å². The molecule has 0 bridgehead atoms. The molecule has 0 atom stereocenters. The molecule has 0 aromatic rings. The van der Waals surface area contributed by atoms with Gasteiger partial charge in [-0.2, -0.15) is 0 Å². The number of carbonyl (C=O) groups is 1. The van der Waals surface area contributed by atoms with Crippen molar-refractivity contribution in [2.45, 2.75) is 6.42 Å². The highest BCUT2D eigenvalue weighted by Crippen LogP contribution is 2.23. The topological polar surface area (TPSA) is 29.1 Å². The molecule has 0 aliphatic carbocycles. The van der Waals surface area contributed by atoms with Crippen LogP contribution >= 0.6 is 11.8 Å². The van der Waals surface area contributed by atoms with Gasteiger partial charge in [-0.15, -0.1) is 11.8 Å². The number of allylic oxidation sites excluding steroid dienone is 2. The first-order valence-corrected chi connectivity index (χ1v) is 4.68. The van der Waals surface area contributed by atoms with E-state index in [4.69, 9.17) is 0 Å². The number of thioether (sulfide) groups is 1. The summed E-state index contributed by atoms with van der Waals surface area (Å²) in [4.78, 5) is 12.1. The van der Waals surface area contributed by atoms with Crippen LogP contribution in [0.2, 0.25) is 0 Å². The van der Waals surface area contributed by atoms with E-state index in [1.165, 1.54) is 0 Å². The quantitative estimate of drug-likeness (QED) is 0.704. The average Bonchev–Trinajstić information content (AvgIpc) is 2.26. The number of rotatable bonds is 2. The van der Waals surface area contributed by atoms with Gasteiger partial charge in [0.2, 0.25) is 5.91 Å². The van der Waals surface area contributed by atoms with Crippen LogP contribution in [0.1, 0.15) is 6.42 Å². The Morgan fingerprint density at radius 3 is 2.75 bits per heavy atom. The fourth-order valence-electron chi connectivity index (χ4n) is 0.926. The third kappa shape index (κ3) is 2.01. The number of carbonyl (C=O) groups excluding carboxylic acids is 1. The van der Waals surface area contributed by atoms with Crippen molar-refractivity contribution in [2.75, 3.05) is 5.75 Å². The summed E-state index contributed by atoms with van der Waals surface area (Å²) >= 11 is 1.63. The smallest absolute Gasteiger partial charge is 0.225 e. The van der Waals surface area contributed by atoms with Crippen LogP contribution in [0.25, 0.3) is 0 Å². The van der Waals surface area contributed by atoms with Crippen molar-refractivity contribution in [3.05, 3.63) is 35.9 Å². The summed E-state index contributed by atoms with van der Waals surface area (Å²) in [6.45, 7) is 7.30. The van der Waals surface area contributed by atoms with Gasteiger partial charge in [0.1, 0.15) is 0 Å². The molecule has 64 valence electrons. The van der Waals surface area contributed by atoms with Crippen LogP contribution in [0.4, 0.5) is 0 Å². The van der Waals surface area contributed by atoms with Crippen LogP contribution in [0.15, 0.2) is 35.9 Å². The fraction of sp³-hybridized carbons (Fsp3) is 0.222. The maximum Gasteiger partial charge on any atom is 0.225 e. The predicted octanol–water partition coefficient (Wildman–Crippen LogP) is 1.82. The highest BCUT2D eigenvalue weighted by molar-refractivity contribution is 8.03. The van der Waals surface area contributed by atoms with E-state index >= 15 is 0 Å². The van der Waals surface area contributed by atoms with Gasteiger partial charge in [0.05, 0.1) is 5.70 Å². The molecule has 2 nitrogen and oxygen atoms in total.